The molecular formula is C17H20O2. The molecule has 0 amide bonds. The summed E-state index contributed by atoms with van der Waals surface area (Å²) >= 11 is 0. The first-order valence-corrected chi connectivity index (χ1v) is 6.75. The van der Waals surface area contributed by atoms with E-state index in [1.54, 1.807) is 6.07 Å². The number of aryl methyl sites for hydroxylation is 2. The zero-order valence-corrected chi connectivity index (χ0v) is 11.5. The van der Waals surface area contributed by atoms with Gasteiger partial charge < -0.3 is 10.2 Å². The van der Waals surface area contributed by atoms with Gasteiger partial charge in [0.25, 0.3) is 0 Å². The van der Waals surface area contributed by atoms with Crippen LogP contribution in [0.1, 0.15) is 36.1 Å². The van der Waals surface area contributed by atoms with Crippen molar-refractivity contribution in [3.8, 4) is 11.5 Å². The van der Waals surface area contributed by atoms with E-state index in [4.69, 9.17) is 0 Å². The molecule has 0 aromatic heterocycles. The lowest BCUT2D eigenvalue weighted by atomic mass is 9.99. The molecule has 0 aliphatic heterocycles. The van der Waals surface area contributed by atoms with Crippen LogP contribution in [-0.4, -0.2) is 10.2 Å². The smallest absolute Gasteiger partial charge is 0.119 e. The van der Waals surface area contributed by atoms with E-state index in [0.717, 1.165) is 41.5 Å². The first-order valence-electron chi connectivity index (χ1n) is 6.75. The number of hydrogen-bond acceptors (Lipinski definition) is 2. The largest absolute Gasteiger partial charge is 0.508 e. The van der Waals surface area contributed by atoms with E-state index in [0.29, 0.717) is 11.5 Å². The molecule has 100 valence electrons. The van der Waals surface area contributed by atoms with Crippen LogP contribution >= 0.6 is 0 Å². The Bertz CT molecular complexity index is 573. The van der Waals surface area contributed by atoms with Crippen molar-refractivity contribution in [1.29, 1.82) is 0 Å². The highest BCUT2D eigenvalue weighted by Gasteiger charge is 2.04. The molecule has 0 spiro atoms. The van der Waals surface area contributed by atoms with Crippen molar-refractivity contribution >= 4 is 0 Å². The van der Waals surface area contributed by atoms with Crippen molar-refractivity contribution in [3.05, 3.63) is 58.7 Å². The van der Waals surface area contributed by atoms with E-state index in [1.165, 1.54) is 0 Å². The Morgan fingerprint density at radius 1 is 0.737 bits per heavy atom. The highest BCUT2D eigenvalue weighted by atomic mass is 16.3. The predicted molar refractivity (Wildman–Crippen MR) is 77.8 cm³/mol. The molecule has 0 saturated heterocycles. The molecule has 0 aliphatic rings. The fourth-order valence-electron chi connectivity index (χ4n) is 2.29. The molecule has 0 saturated carbocycles. The molecule has 0 radical (unpaired) electrons. The van der Waals surface area contributed by atoms with Gasteiger partial charge in [-0.1, -0.05) is 38.1 Å². The minimum absolute atomic E-state index is 0.357. The second-order valence-corrected chi connectivity index (χ2v) is 4.81. The van der Waals surface area contributed by atoms with Gasteiger partial charge in [-0.2, -0.15) is 0 Å². The summed E-state index contributed by atoms with van der Waals surface area (Å²) < 4.78 is 0. The second-order valence-electron chi connectivity index (χ2n) is 4.81. The SMILES string of the molecule is CCc1ccc(Cc2ccc(O)c(CC)c2)cc1O. The van der Waals surface area contributed by atoms with Gasteiger partial charge >= 0.3 is 0 Å². The van der Waals surface area contributed by atoms with Crippen molar-refractivity contribution < 1.29 is 10.2 Å². The van der Waals surface area contributed by atoms with Crippen molar-refractivity contribution in [2.24, 2.45) is 0 Å². The van der Waals surface area contributed by atoms with Gasteiger partial charge in [0, 0.05) is 0 Å². The fourth-order valence-corrected chi connectivity index (χ4v) is 2.29. The van der Waals surface area contributed by atoms with Crippen LogP contribution in [0, 0.1) is 0 Å². The van der Waals surface area contributed by atoms with Gasteiger partial charge in [0.15, 0.2) is 0 Å². The zero-order chi connectivity index (χ0) is 13.8. The first-order chi connectivity index (χ1) is 9.13. The van der Waals surface area contributed by atoms with E-state index in [1.807, 2.05) is 38.1 Å². The van der Waals surface area contributed by atoms with Gasteiger partial charge in [0.2, 0.25) is 0 Å². The Balaban J connectivity index is 2.23. The molecular weight excluding hydrogens is 236 g/mol. The maximum absolute atomic E-state index is 9.87. The fraction of sp³-hybridized carbons (Fsp3) is 0.294. The zero-order valence-electron chi connectivity index (χ0n) is 11.5. The molecule has 2 rings (SSSR count). The van der Waals surface area contributed by atoms with Gasteiger partial charge in [-0.25, -0.2) is 0 Å². The van der Waals surface area contributed by atoms with Gasteiger partial charge in [-0.15, -0.1) is 0 Å². The summed E-state index contributed by atoms with van der Waals surface area (Å²) in [5.74, 6) is 0.727. The standard InChI is InChI=1S/C17H20O2/c1-3-14-7-5-13(11-17(14)19)9-12-6-8-16(18)15(4-2)10-12/h5-8,10-11,18-19H,3-4,9H2,1-2H3. The number of rotatable bonds is 4. The summed E-state index contributed by atoms with van der Waals surface area (Å²) in [5, 5.41) is 19.5. The minimum atomic E-state index is 0.357. The Hall–Kier alpha value is -1.96. The van der Waals surface area contributed by atoms with E-state index in [-0.39, 0.29) is 0 Å². The van der Waals surface area contributed by atoms with Crippen molar-refractivity contribution in [2.75, 3.05) is 0 Å². The summed E-state index contributed by atoms with van der Waals surface area (Å²) in [4.78, 5) is 0. The summed E-state index contributed by atoms with van der Waals surface area (Å²) in [6, 6.07) is 11.6. The van der Waals surface area contributed by atoms with Gasteiger partial charge in [0.1, 0.15) is 11.5 Å². The van der Waals surface area contributed by atoms with E-state index < -0.39 is 0 Å². The molecule has 2 aromatic carbocycles. The molecule has 2 heteroatoms. The number of hydrogen-bond donors (Lipinski definition) is 2. The van der Waals surface area contributed by atoms with Crippen molar-refractivity contribution in [3.63, 3.8) is 0 Å². The van der Waals surface area contributed by atoms with Crippen LogP contribution in [-0.2, 0) is 19.3 Å². The molecule has 0 fully saturated rings. The Labute approximate surface area is 114 Å². The normalized spacial score (nSPS) is 10.6. The average Bonchev–Trinajstić information content (AvgIpc) is 2.41. The van der Waals surface area contributed by atoms with Crippen LogP contribution in [0.2, 0.25) is 0 Å². The molecule has 2 N–H and O–H groups in total. The van der Waals surface area contributed by atoms with Crippen LogP contribution in [0.3, 0.4) is 0 Å². The Morgan fingerprint density at radius 3 is 2.00 bits per heavy atom. The number of phenolic OH excluding ortho intramolecular Hbond substituents is 2. The lowest BCUT2D eigenvalue weighted by Crippen LogP contribution is -1.92. The molecule has 0 bridgehead atoms. The summed E-state index contributed by atoms with van der Waals surface area (Å²) in [7, 11) is 0. The van der Waals surface area contributed by atoms with Crippen LogP contribution in [0.4, 0.5) is 0 Å². The van der Waals surface area contributed by atoms with Crippen molar-refractivity contribution in [2.45, 2.75) is 33.1 Å². The predicted octanol–water partition coefficient (Wildman–Crippen LogP) is 3.81. The van der Waals surface area contributed by atoms with Gasteiger partial charge in [0.05, 0.1) is 0 Å². The minimum Gasteiger partial charge on any atom is -0.508 e. The lowest BCUT2D eigenvalue weighted by Gasteiger charge is -2.08. The molecule has 0 heterocycles. The lowest BCUT2D eigenvalue weighted by molar-refractivity contribution is 0.467. The highest BCUT2D eigenvalue weighted by molar-refractivity contribution is 5.41. The number of aromatic hydroxyl groups is 2. The maximum atomic E-state index is 9.87. The van der Waals surface area contributed by atoms with Crippen LogP contribution in [0.15, 0.2) is 36.4 Å². The number of phenols is 2. The first kappa shape index (κ1) is 13.5. The second kappa shape index (κ2) is 5.79. The third-order valence-corrected chi connectivity index (χ3v) is 3.46. The van der Waals surface area contributed by atoms with Crippen LogP contribution in [0.5, 0.6) is 11.5 Å². The van der Waals surface area contributed by atoms with E-state index in [9.17, 15) is 10.2 Å². The van der Waals surface area contributed by atoms with Gasteiger partial charge in [-0.05, 0) is 53.6 Å². The summed E-state index contributed by atoms with van der Waals surface area (Å²) in [6.45, 7) is 4.06. The monoisotopic (exact) mass is 256 g/mol. The average molecular weight is 256 g/mol. The van der Waals surface area contributed by atoms with Crippen LogP contribution in [0.25, 0.3) is 0 Å². The highest BCUT2D eigenvalue weighted by Crippen LogP contribution is 2.24. The molecule has 2 aromatic rings. The van der Waals surface area contributed by atoms with Gasteiger partial charge in [-0.3, -0.25) is 0 Å². The Kier molecular flexibility index (Phi) is 4.10. The third kappa shape index (κ3) is 3.08. The summed E-state index contributed by atoms with van der Waals surface area (Å²) in [5.41, 5.74) is 4.18. The Morgan fingerprint density at radius 2 is 1.37 bits per heavy atom. The quantitative estimate of drug-likeness (QED) is 0.873. The molecule has 2 nitrogen and oxygen atoms in total. The topological polar surface area (TPSA) is 40.5 Å². The van der Waals surface area contributed by atoms with E-state index in [2.05, 4.69) is 6.07 Å². The molecule has 0 atom stereocenters. The van der Waals surface area contributed by atoms with E-state index >= 15 is 0 Å². The van der Waals surface area contributed by atoms with Crippen LogP contribution < -0.4 is 0 Å². The number of benzene rings is 2. The third-order valence-electron chi connectivity index (χ3n) is 3.46. The van der Waals surface area contributed by atoms with Crippen molar-refractivity contribution in [1.82, 2.24) is 0 Å². The molecule has 0 unspecified atom stereocenters. The molecule has 19 heavy (non-hydrogen) atoms. The summed E-state index contributed by atoms with van der Waals surface area (Å²) in [6.07, 6.45) is 2.43. The molecule has 0 aliphatic carbocycles. The maximum Gasteiger partial charge on any atom is 0.119 e.